The number of ether oxygens (including phenoxy) is 1. The first kappa shape index (κ1) is 24.7. The zero-order chi connectivity index (χ0) is 25.3. The zero-order valence-corrected chi connectivity index (χ0v) is 21.8. The van der Waals surface area contributed by atoms with Gasteiger partial charge in [-0.25, -0.2) is 17.8 Å². The predicted octanol–water partition coefficient (Wildman–Crippen LogP) is 4.15. The summed E-state index contributed by atoms with van der Waals surface area (Å²) in [6, 6.07) is 12.0. The molecule has 5 rings (SSSR count). The fraction of sp³-hybridized carbons (Fsp3) is 0.292. The molecule has 2 heterocycles. The lowest BCUT2D eigenvalue weighted by Crippen LogP contribution is -2.33. The second-order valence-electron chi connectivity index (χ2n) is 8.60. The first-order valence-electron chi connectivity index (χ1n) is 11.4. The van der Waals surface area contributed by atoms with Gasteiger partial charge in [-0.15, -0.1) is 5.10 Å². The lowest BCUT2D eigenvalue weighted by atomic mass is 10.1. The normalized spacial score (nSPS) is 14.4. The molecule has 1 aliphatic carbocycles. The van der Waals surface area contributed by atoms with Crippen LogP contribution in [-0.4, -0.2) is 34.0 Å². The molecular weight excluding hydrogens is 522 g/mol. The number of sulfonamides is 1. The summed E-state index contributed by atoms with van der Waals surface area (Å²) in [5, 5.41) is 10.5. The van der Waals surface area contributed by atoms with E-state index in [9.17, 15) is 13.2 Å². The van der Waals surface area contributed by atoms with Crippen molar-refractivity contribution in [1.82, 2.24) is 24.3 Å². The molecule has 9 nitrogen and oxygen atoms in total. The van der Waals surface area contributed by atoms with Crippen molar-refractivity contribution in [2.45, 2.75) is 43.2 Å². The maximum absolute atomic E-state index is 13.4. The standard InChI is InChI=1S/C24H24ClN5O4S2/c1-29-21(15-35-24(29)31)16-10-11-22(23(12-16)36(32,33)27-17-6-2-3-7-17)34-14-18-13-30(28-26-18)20-9-5-4-8-19(20)25/h4-5,8-13,15,17,27H,2-3,6-7,14H2,1H3. The smallest absolute Gasteiger partial charge is 0.307 e. The molecule has 1 aliphatic rings. The third kappa shape index (κ3) is 5.10. The molecule has 2 aromatic carbocycles. The van der Waals surface area contributed by atoms with Crippen LogP contribution in [-0.2, 0) is 23.7 Å². The van der Waals surface area contributed by atoms with Crippen molar-refractivity contribution in [2.75, 3.05) is 0 Å². The van der Waals surface area contributed by atoms with Gasteiger partial charge in [0.05, 0.1) is 22.6 Å². The van der Waals surface area contributed by atoms with Crippen LogP contribution < -0.4 is 14.3 Å². The molecule has 12 heteroatoms. The Morgan fingerprint density at radius 3 is 2.69 bits per heavy atom. The van der Waals surface area contributed by atoms with Crippen LogP contribution in [0.25, 0.3) is 16.9 Å². The number of halogens is 1. The van der Waals surface area contributed by atoms with E-state index in [1.165, 1.54) is 4.57 Å². The van der Waals surface area contributed by atoms with Crippen LogP contribution in [0.4, 0.5) is 0 Å². The molecule has 36 heavy (non-hydrogen) atoms. The molecule has 188 valence electrons. The van der Waals surface area contributed by atoms with Crippen molar-refractivity contribution in [1.29, 1.82) is 0 Å². The minimum atomic E-state index is -3.88. The summed E-state index contributed by atoms with van der Waals surface area (Å²) in [6.07, 6.45) is 5.28. The number of benzene rings is 2. The topological polar surface area (TPSA) is 108 Å². The Morgan fingerprint density at radius 2 is 1.97 bits per heavy atom. The molecule has 0 amide bonds. The van der Waals surface area contributed by atoms with E-state index in [1.54, 1.807) is 47.6 Å². The predicted molar refractivity (Wildman–Crippen MR) is 138 cm³/mol. The van der Waals surface area contributed by atoms with Crippen molar-refractivity contribution in [2.24, 2.45) is 7.05 Å². The van der Waals surface area contributed by atoms with Crippen molar-refractivity contribution in [3.05, 3.63) is 74.4 Å². The molecule has 0 aliphatic heterocycles. The highest BCUT2D eigenvalue weighted by Gasteiger charge is 2.27. The van der Waals surface area contributed by atoms with E-state index in [2.05, 4.69) is 15.0 Å². The lowest BCUT2D eigenvalue weighted by molar-refractivity contribution is 0.293. The molecule has 1 saturated carbocycles. The van der Waals surface area contributed by atoms with Crippen molar-refractivity contribution >= 4 is 33.0 Å². The third-order valence-corrected chi connectivity index (χ3v) is 8.81. The lowest BCUT2D eigenvalue weighted by Gasteiger charge is -2.17. The average molecular weight is 546 g/mol. The Balaban J connectivity index is 1.45. The molecule has 0 spiro atoms. The van der Waals surface area contributed by atoms with E-state index >= 15 is 0 Å². The van der Waals surface area contributed by atoms with E-state index in [0.29, 0.717) is 27.7 Å². The zero-order valence-electron chi connectivity index (χ0n) is 19.4. The summed E-state index contributed by atoms with van der Waals surface area (Å²) in [4.78, 5) is 11.9. The van der Waals surface area contributed by atoms with Crippen LogP contribution >= 0.6 is 22.9 Å². The van der Waals surface area contributed by atoms with Gasteiger partial charge in [-0.05, 0) is 43.2 Å². The highest BCUT2D eigenvalue weighted by molar-refractivity contribution is 7.89. The minimum Gasteiger partial charge on any atom is -0.486 e. The van der Waals surface area contributed by atoms with Gasteiger partial charge in [0.25, 0.3) is 0 Å². The quantitative estimate of drug-likeness (QED) is 0.356. The number of rotatable bonds is 8. The summed E-state index contributed by atoms with van der Waals surface area (Å²) in [7, 11) is -2.22. The second-order valence-corrected chi connectivity index (χ2v) is 11.5. The average Bonchev–Trinajstić information content (AvgIpc) is 3.61. The van der Waals surface area contributed by atoms with Crippen LogP contribution in [0.5, 0.6) is 5.75 Å². The Labute approximate surface area is 217 Å². The Morgan fingerprint density at radius 1 is 1.19 bits per heavy atom. The summed E-state index contributed by atoms with van der Waals surface area (Å²) in [5.41, 5.74) is 2.43. The van der Waals surface area contributed by atoms with Gasteiger partial charge in [-0.2, -0.15) is 0 Å². The second kappa shape index (κ2) is 10.2. The van der Waals surface area contributed by atoms with Crippen LogP contribution in [0.3, 0.4) is 0 Å². The molecule has 0 bridgehead atoms. The number of hydrogen-bond donors (Lipinski definition) is 1. The Hall–Kier alpha value is -2.99. The molecule has 0 atom stereocenters. The maximum atomic E-state index is 13.4. The van der Waals surface area contributed by atoms with Crippen LogP contribution in [0.2, 0.25) is 5.02 Å². The molecule has 0 saturated heterocycles. The highest BCUT2D eigenvalue weighted by Crippen LogP contribution is 2.32. The van der Waals surface area contributed by atoms with E-state index in [4.69, 9.17) is 16.3 Å². The van der Waals surface area contributed by atoms with Crippen molar-refractivity contribution in [3.63, 3.8) is 0 Å². The van der Waals surface area contributed by atoms with E-state index in [1.807, 2.05) is 18.2 Å². The molecule has 4 aromatic rings. The summed E-state index contributed by atoms with van der Waals surface area (Å²) >= 11 is 7.31. The van der Waals surface area contributed by atoms with E-state index in [0.717, 1.165) is 37.0 Å². The van der Waals surface area contributed by atoms with E-state index < -0.39 is 10.0 Å². The van der Waals surface area contributed by atoms with Crippen molar-refractivity contribution < 1.29 is 13.2 Å². The van der Waals surface area contributed by atoms with Gasteiger partial charge in [0, 0.05) is 24.0 Å². The van der Waals surface area contributed by atoms with Crippen LogP contribution in [0.1, 0.15) is 31.4 Å². The molecule has 1 fully saturated rings. The largest absolute Gasteiger partial charge is 0.486 e. The number of para-hydroxylation sites is 1. The van der Waals surface area contributed by atoms with Crippen LogP contribution in [0.15, 0.2) is 63.7 Å². The fourth-order valence-corrected chi connectivity index (χ4v) is 6.68. The number of hydrogen-bond acceptors (Lipinski definition) is 7. The van der Waals surface area contributed by atoms with Gasteiger partial charge in [-0.1, -0.05) is 53.1 Å². The SMILES string of the molecule is Cn1c(-c2ccc(OCc3cn(-c4ccccc4Cl)nn3)c(S(=O)(=O)NC3CCCC3)c2)csc1=O. The van der Waals surface area contributed by atoms with Gasteiger partial charge >= 0.3 is 4.87 Å². The summed E-state index contributed by atoms with van der Waals surface area (Å²) < 4.78 is 38.6. The Bertz CT molecular complexity index is 1550. The van der Waals surface area contributed by atoms with Gasteiger partial charge in [-0.3, -0.25) is 4.79 Å². The van der Waals surface area contributed by atoms with Gasteiger partial charge in [0.2, 0.25) is 10.0 Å². The summed E-state index contributed by atoms with van der Waals surface area (Å²) in [6.45, 7) is 0.00663. The number of aromatic nitrogens is 4. The van der Waals surface area contributed by atoms with Gasteiger partial charge < -0.3 is 9.30 Å². The molecule has 1 N–H and O–H groups in total. The highest BCUT2D eigenvalue weighted by atomic mass is 35.5. The van der Waals surface area contributed by atoms with Gasteiger partial charge in [0.1, 0.15) is 22.9 Å². The van der Waals surface area contributed by atoms with E-state index in [-0.39, 0.29) is 28.2 Å². The molecular formula is C24H24ClN5O4S2. The third-order valence-electron chi connectivity index (χ3n) is 6.13. The number of nitrogens with one attached hydrogen (secondary N) is 1. The number of nitrogens with zero attached hydrogens (tertiary/aromatic N) is 4. The minimum absolute atomic E-state index is 0.00663. The first-order chi connectivity index (χ1) is 17.3. The monoisotopic (exact) mass is 545 g/mol. The molecule has 0 radical (unpaired) electrons. The summed E-state index contributed by atoms with van der Waals surface area (Å²) in [5.74, 6) is 0.191. The first-order valence-corrected chi connectivity index (χ1v) is 14.2. The maximum Gasteiger partial charge on any atom is 0.307 e. The van der Waals surface area contributed by atoms with Crippen LogP contribution in [0, 0.1) is 0 Å². The Kier molecular flexibility index (Phi) is 6.98. The van der Waals surface area contributed by atoms with Crippen molar-refractivity contribution in [3.8, 4) is 22.7 Å². The molecule has 2 aromatic heterocycles. The fourth-order valence-electron chi connectivity index (χ4n) is 4.22. The van der Waals surface area contributed by atoms with Gasteiger partial charge in [0.15, 0.2) is 0 Å². The number of thiazole rings is 1. The molecule has 0 unspecified atom stereocenters.